The van der Waals surface area contributed by atoms with Crippen molar-refractivity contribution in [2.45, 2.75) is 32.0 Å². The molecule has 0 bridgehead atoms. The molecule has 0 saturated carbocycles. The second-order valence-corrected chi connectivity index (χ2v) is 4.71. The van der Waals surface area contributed by atoms with Crippen LogP contribution in [0.5, 0.6) is 5.75 Å². The number of methoxy groups -OCH3 is 1. The Labute approximate surface area is 113 Å². The van der Waals surface area contributed by atoms with Crippen LogP contribution in [0.3, 0.4) is 0 Å². The van der Waals surface area contributed by atoms with Crippen LogP contribution in [-0.4, -0.2) is 38.3 Å². The van der Waals surface area contributed by atoms with Crippen LogP contribution >= 0.6 is 0 Å². The van der Waals surface area contributed by atoms with Gasteiger partial charge in [0.05, 0.1) is 18.3 Å². The lowest BCUT2D eigenvalue weighted by Crippen LogP contribution is -2.21. The van der Waals surface area contributed by atoms with Crippen LogP contribution in [0.1, 0.15) is 30.1 Å². The first kappa shape index (κ1) is 14.0. The van der Waals surface area contributed by atoms with E-state index in [1.54, 1.807) is 19.2 Å². The van der Waals surface area contributed by atoms with Crippen molar-refractivity contribution in [3.05, 3.63) is 29.8 Å². The smallest absolute Gasteiger partial charge is 0.195 e. The summed E-state index contributed by atoms with van der Waals surface area (Å²) in [5.74, 6) is 0.616. The van der Waals surface area contributed by atoms with Gasteiger partial charge in [-0.05, 0) is 31.9 Å². The number of hydrogen-bond donors (Lipinski definition) is 0. The van der Waals surface area contributed by atoms with Gasteiger partial charge in [-0.2, -0.15) is 0 Å². The van der Waals surface area contributed by atoms with Crippen molar-refractivity contribution in [3.8, 4) is 5.75 Å². The van der Waals surface area contributed by atoms with Gasteiger partial charge in [-0.15, -0.1) is 0 Å². The predicted octanol–water partition coefficient (Wildman–Crippen LogP) is 2.46. The van der Waals surface area contributed by atoms with E-state index in [-0.39, 0.29) is 18.0 Å². The van der Waals surface area contributed by atoms with Crippen molar-refractivity contribution in [3.63, 3.8) is 0 Å². The molecule has 1 fully saturated rings. The maximum Gasteiger partial charge on any atom is 0.195 e. The van der Waals surface area contributed by atoms with Crippen LogP contribution in [0.15, 0.2) is 24.3 Å². The first-order valence-electron chi connectivity index (χ1n) is 6.63. The molecule has 0 aromatic heterocycles. The van der Waals surface area contributed by atoms with E-state index in [1.165, 1.54) is 0 Å². The monoisotopic (exact) mass is 264 g/mol. The molecule has 4 heteroatoms. The van der Waals surface area contributed by atoms with E-state index in [1.807, 2.05) is 19.1 Å². The van der Waals surface area contributed by atoms with Gasteiger partial charge in [0.25, 0.3) is 0 Å². The van der Waals surface area contributed by atoms with Crippen LogP contribution in [0, 0.1) is 0 Å². The SMILES string of the molecule is COCCOc1ccccc1C(=O)C1CCC(C)O1. The maximum absolute atomic E-state index is 12.4. The summed E-state index contributed by atoms with van der Waals surface area (Å²) in [5, 5.41) is 0. The number of ketones is 1. The molecule has 1 aromatic rings. The van der Waals surface area contributed by atoms with Gasteiger partial charge >= 0.3 is 0 Å². The third kappa shape index (κ3) is 3.55. The molecular weight excluding hydrogens is 244 g/mol. The number of carbonyl (C=O) groups excluding carboxylic acids is 1. The molecule has 1 heterocycles. The molecule has 19 heavy (non-hydrogen) atoms. The lowest BCUT2D eigenvalue weighted by Gasteiger charge is -2.14. The van der Waals surface area contributed by atoms with Gasteiger partial charge in [0.15, 0.2) is 5.78 Å². The average molecular weight is 264 g/mol. The Balaban J connectivity index is 2.08. The lowest BCUT2D eigenvalue weighted by molar-refractivity contribution is 0.0429. The van der Waals surface area contributed by atoms with Crippen molar-refractivity contribution in [1.82, 2.24) is 0 Å². The summed E-state index contributed by atoms with van der Waals surface area (Å²) in [6, 6.07) is 7.30. The van der Waals surface area contributed by atoms with E-state index in [9.17, 15) is 4.79 Å². The third-order valence-corrected chi connectivity index (χ3v) is 3.22. The average Bonchev–Trinajstić information content (AvgIpc) is 2.85. The Morgan fingerprint density at radius 1 is 1.32 bits per heavy atom. The minimum Gasteiger partial charge on any atom is -0.490 e. The third-order valence-electron chi connectivity index (χ3n) is 3.22. The number of para-hydroxylation sites is 1. The first-order valence-corrected chi connectivity index (χ1v) is 6.63. The Kier molecular flexibility index (Phi) is 4.93. The van der Waals surface area contributed by atoms with Crippen molar-refractivity contribution in [2.24, 2.45) is 0 Å². The molecule has 0 amide bonds. The molecule has 2 unspecified atom stereocenters. The van der Waals surface area contributed by atoms with Gasteiger partial charge in [0.1, 0.15) is 18.5 Å². The van der Waals surface area contributed by atoms with Crippen molar-refractivity contribution >= 4 is 5.78 Å². The number of Topliss-reactive ketones (excluding diaryl/α,β-unsaturated/α-hetero) is 1. The Morgan fingerprint density at radius 2 is 2.11 bits per heavy atom. The molecule has 1 aromatic carbocycles. The number of rotatable bonds is 6. The summed E-state index contributed by atoms with van der Waals surface area (Å²) < 4.78 is 16.2. The fourth-order valence-corrected chi connectivity index (χ4v) is 2.20. The fraction of sp³-hybridized carbons (Fsp3) is 0.533. The van der Waals surface area contributed by atoms with E-state index in [0.717, 1.165) is 12.8 Å². The molecule has 2 rings (SSSR count). The highest BCUT2D eigenvalue weighted by atomic mass is 16.5. The summed E-state index contributed by atoms with van der Waals surface area (Å²) in [5.41, 5.74) is 0.595. The number of hydrogen-bond acceptors (Lipinski definition) is 4. The van der Waals surface area contributed by atoms with Crippen molar-refractivity contribution < 1.29 is 19.0 Å². The number of ether oxygens (including phenoxy) is 3. The Morgan fingerprint density at radius 3 is 2.79 bits per heavy atom. The summed E-state index contributed by atoms with van der Waals surface area (Å²) in [4.78, 5) is 12.4. The zero-order valence-electron chi connectivity index (χ0n) is 11.4. The molecule has 1 aliphatic heterocycles. The lowest BCUT2D eigenvalue weighted by atomic mass is 10.0. The molecule has 0 aliphatic carbocycles. The second-order valence-electron chi connectivity index (χ2n) is 4.71. The Hall–Kier alpha value is -1.39. The van der Waals surface area contributed by atoms with Crippen LogP contribution < -0.4 is 4.74 Å². The van der Waals surface area contributed by atoms with Crippen LogP contribution in [0.2, 0.25) is 0 Å². The molecule has 0 N–H and O–H groups in total. The minimum atomic E-state index is -0.331. The standard InChI is InChI=1S/C15H20O4/c1-11-7-8-14(19-11)15(16)12-5-3-4-6-13(12)18-10-9-17-2/h3-6,11,14H,7-10H2,1-2H3. The summed E-state index contributed by atoms with van der Waals surface area (Å²) >= 11 is 0. The molecule has 0 spiro atoms. The van der Waals surface area contributed by atoms with E-state index in [0.29, 0.717) is 24.5 Å². The topological polar surface area (TPSA) is 44.8 Å². The van der Waals surface area contributed by atoms with E-state index in [2.05, 4.69) is 0 Å². The van der Waals surface area contributed by atoms with Gasteiger partial charge in [-0.1, -0.05) is 12.1 Å². The zero-order chi connectivity index (χ0) is 13.7. The zero-order valence-corrected chi connectivity index (χ0v) is 11.4. The predicted molar refractivity (Wildman–Crippen MR) is 71.7 cm³/mol. The maximum atomic E-state index is 12.4. The largest absolute Gasteiger partial charge is 0.490 e. The molecule has 4 nitrogen and oxygen atoms in total. The van der Waals surface area contributed by atoms with Gasteiger partial charge in [0.2, 0.25) is 0 Å². The highest BCUT2D eigenvalue weighted by Gasteiger charge is 2.30. The molecule has 0 radical (unpaired) electrons. The van der Waals surface area contributed by atoms with E-state index < -0.39 is 0 Å². The van der Waals surface area contributed by atoms with Gasteiger partial charge in [-0.25, -0.2) is 0 Å². The van der Waals surface area contributed by atoms with Crippen molar-refractivity contribution in [2.75, 3.05) is 20.3 Å². The fourth-order valence-electron chi connectivity index (χ4n) is 2.20. The minimum absolute atomic E-state index is 0.0115. The normalized spacial score (nSPS) is 22.4. The molecule has 1 saturated heterocycles. The summed E-state index contributed by atoms with van der Waals surface area (Å²) in [7, 11) is 1.62. The van der Waals surface area contributed by atoms with E-state index in [4.69, 9.17) is 14.2 Å². The molecular formula is C15H20O4. The highest BCUT2D eigenvalue weighted by molar-refractivity contribution is 6.01. The Bertz CT molecular complexity index is 430. The van der Waals surface area contributed by atoms with Crippen molar-refractivity contribution in [1.29, 1.82) is 0 Å². The van der Waals surface area contributed by atoms with E-state index >= 15 is 0 Å². The molecule has 2 atom stereocenters. The summed E-state index contributed by atoms with van der Waals surface area (Å²) in [6.07, 6.45) is 1.55. The summed E-state index contributed by atoms with van der Waals surface area (Å²) in [6.45, 7) is 2.93. The van der Waals surface area contributed by atoms with Gasteiger partial charge in [-0.3, -0.25) is 4.79 Å². The first-order chi connectivity index (χ1) is 9.22. The second kappa shape index (κ2) is 6.68. The quantitative estimate of drug-likeness (QED) is 0.585. The molecule has 1 aliphatic rings. The van der Waals surface area contributed by atoms with Gasteiger partial charge in [0, 0.05) is 7.11 Å². The molecule has 104 valence electrons. The van der Waals surface area contributed by atoms with Gasteiger partial charge < -0.3 is 14.2 Å². The number of carbonyl (C=O) groups is 1. The van der Waals surface area contributed by atoms with Crippen LogP contribution in [-0.2, 0) is 9.47 Å². The van der Waals surface area contributed by atoms with Crippen LogP contribution in [0.4, 0.5) is 0 Å². The van der Waals surface area contributed by atoms with Crippen LogP contribution in [0.25, 0.3) is 0 Å². The highest BCUT2D eigenvalue weighted by Crippen LogP contribution is 2.26. The number of benzene rings is 1.